The summed E-state index contributed by atoms with van der Waals surface area (Å²) in [7, 11) is 0. The van der Waals surface area contributed by atoms with E-state index in [1.165, 1.54) is 6.92 Å². The van der Waals surface area contributed by atoms with E-state index in [-0.39, 0.29) is 23.5 Å². The van der Waals surface area contributed by atoms with Crippen LogP contribution in [0.3, 0.4) is 0 Å². The van der Waals surface area contributed by atoms with Gasteiger partial charge in [0.2, 0.25) is 0 Å². The molecule has 0 heterocycles. The molecule has 0 aliphatic heterocycles. The van der Waals surface area contributed by atoms with Crippen molar-refractivity contribution in [2.45, 2.75) is 19.9 Å². The molecule has 0 aliphatic carbocycles. The predicted octanol–water partition coefficient (Wildman–Crippen LogP) is 2.07. The molecule has 0 saturated carbocycles. The fourth-order valence-corrected chi connectivity index (χ4v) is 1.55. The molecular weight excluding hydrogens is 242 g/mol. The molecule has 0 radical (unpaired) electrons. The minimum Gasteiger partial charge on any atom is -0.512 e. The van der Waals surface area contributed by atoms with Crippen LogP contribution in [-0.4, -0.2) is 16.7 Å². The Balaban J connectivity index is 2.73. The zero-order valence-corrected chi connectivity index (χ0v) is 10.6. The van der Waals surface area contributed by atoms with Crippen molar-refractivity contribution in [1.82, 2.24) is 5.32 Å². The van der Waals surface area contributed by atoms with Gasteiger partial charge >= 0.3 is 0 Å². The molecule has 5 nitrogen and oxygen atoms in total. The number of hydrogen-bond donors (Lipinski definition) is 3. The molecule has 3 N–H and O–H groups in total. The second kappa shape index (κ2) is 6.97. The Labute approximate surface area is 111 Å². The van der Waals surface area contributed by atoms with Gasteiger partial charge in [0, 0.05) is 6.54 Å². The molecule has 1 aromatic rings. The van der Waals surface area contributed by atoms with Crippen molar-refractivity contribution in [3.05, 3.63) is 47.2 Å². The molecule has 0 aliphatic rings. The van der Waals surface area contributed by atoms with Gasteiger partial charge in [-0.05, 0) is 12.5 Å². The highest BCUT2D eigenvalue weighted by Gasteiger charge is 2.17. The maximum Gasteiger partial charge on any atom is 0.256 e. The van der Waals surface area contributed by atoms with E-state index in [2.05, 4.69) is 5.32 Å². The predicted molar refractivity (Wildman–Crippen MR) is 71.6 cm³/mol. The molecule has 98 valence electrons. The summed E-state index contributed by atoms with van der Waals surface area (Å²) in [6, 6.07) is 11.1. The average Bonchev–Trinajstić information content (AvgIpc) is 2.37. The van der Waals surface area contributed by atoms with Crippen LogP contribution in [0.1, 0.15) is 18.9 Å². The Kier molecular flexibility index (Phi) is 5.30. The van der Waals surface area contributed by atoms with Gasteiger partial charge in [-0.3, -0.25) is 4.79 Å². The van der Waals surface area contributed by atoms with Crippen LogP contribution in [0.2, 0.25) is 0 Å². The summed E-state index contributed by atoms with van der Waals surface area (Å²) in [5, 5.41) is 28.2. The quantitative estimate of drug-likeness (QED) is 0.428. The Morgan fingerprint density at radius 1 is 1.42 bits per heavy atom. The Morgan fingerprint density at radius 3 is 2.58 bits per heavy atom. The minimum atomic E-state index is -0.552. The summed E-state index contributed by atoms with van der Waals surface area (Å²) >= 11 is 0. The number of carbonyl (C=O) groups excluding carboxylic acids is 1. The van der Waals surface area contributed by atoms with Crippen molar-refractivity contribution in [1.29, 1.82) is 10.7 Å². The van der Waals surface area contributed by atoms with E-state index in [0.29, 0.717) is 6.54 Å². The monoisotopic (exact) mass is 257 g/mol. The first-order valence-corrected chi connectivity index (χ1v) is 5.73. The van der Waals surface area contributed by atoms with Crippen LogP contribution < -0.4 is 5.32 Å². The SMILES string of the molecule is CC(O)=C(C(=N)CC#N)C(=O)NCc1ccccc1. The molecule has 0 fully saturated rings. The van der Waals surface area contributed by atoms with E-state index in [1.807, 2.05) is 30.3 Å². The Hall–Kier alpha value is -2.61. The van der Waals surface area contributed by atoms with Crippen LogP contribution in [0.25, 0.3) is 0 Å². The number of nitriles is 1. The number of carbonyl (C=O) groups is 1. The van der Waals surface area contributed by atoms with Crippen molar-refractivity contribution in [2.24, 2.45) is 0 Å². The second-order valence-electron chi connectivity index (χ2n) is 3.94. The van der Waals surface area contributed by atoms with Gasteiger partial charge in [-0.25, -0.2) is 0 Å². The number of hydrogen-bond acceptors (Lipinski definition) is 4. The maximum atomic E-state index is 11.9. The minimum absolute atomic E-state index is 0.141. The van der Waals surface area contributed by atoms with E-state index in [1.54, 1.807) is 6.07 Å². The molecule has 0 atom stereocenters. The highest BCUT2D eigenvalue weighted by molar-refractivity contribution is 6.21. The highest BCUT2D eigenvalue weighted by atomic mass is 16.3. The van der Waals surface area contributed by atoms with Crippen LogP contribution in [0.5, 0.6) is 0 Å². The molecule has 1 aromatic carbocycles. The summed E-state index contributed by atoms with van der Waals surface area (Å²) < 4.78 is 0. The lowest BCUT2D eigenvalue weighted by atomic mass is 10.1. The molecule has 1 amide bonds. The Morgan fingerprint density at radius 2 is 2.05 bits per heavy atom. The molecule has 0 saturated heterocycles. The van der Waals surface area contributed by atoms with Gasteiger partial charge in [-0.1, -0.05) is 30.3 Å². The molecule has 0 unspecified atom stereocenters. The number of nitrogens with one attached hydrogen (secondary N) is 2. The molecule has 1 rings (SSSR count). The molecule has 5 heteroatoms. The van der Waals surface area contributed by atoms with Crippen LogP contribution in [0, 0.1) is 16.7 Å². The summed E-state index contributed by atoms with van der Waals surface area (Å²) in [5.41, 5.74) is 0.586. The summed E-state index contributed by atoms with van der Waals surface area (Å²) in [6.45, 7) is 1.62. The smallest absolute Gasteiger partial charge is 0.256 e. The third kappa shape index (κ3) is 4.28. The average molecular weight is 257 g/mol. The third-order valence-corrected chi connectivity index (χ3v) is 2.44. The van der Waals surface area contributed by atoms with E-state index < -0.39 is 5.91 Å². The van der Waals surface area contributed by atoms with Crippen molar-refractivity contribution in [2.75, 3.05) is 0 Å². The summed E-state index contributed by atoms with van der Waals surface area (Å²) in [4.78, 5) is 11.9. The van der Waals surface area contributed by atoms with Crippen LogP contribution in [0.15, 0.2) is 41.7 Å². The molecular formula is C14H15N3O2. The summed E-state index contributed by atoms with van der Waals surface area (Å²) in [6.07, 6.45) is -0.216. The normalized spacial score (nSPS) is 11.2. The number of nitrogens with zero attached hydrogens (tertiary/aromatic N) is 1. The van der Waals surface area contributed by atoms with E-state index >= 15 is 0 Å². The lowest BCUT2D eigenvalue weighted by Gasteiger charge is -2.09. The van der Waals surface area contributed by atoms with Crippen LogP contribution >= 0.6 is 0 Å². The van der Waals surface area contributed by atoms with Crippen molar-refractivity contribution >= 4 is 11.6 Å². The van der Waals surface area contributed by atoms with Gasteiger partial charge in [-0.2, -0.15) is 5.26 Å². The second-order valence-corrected chi connectivity index (χ2v) is 3.94. The fourth-order valence-electron chi connectivity index (χ4n) is 1.55. The Bertz CT molecular complexity index is 538. The van der Waals surface area contributed by atoms with Crippen molar-refractivity contribution in [3.63, 3.8) is 0 Å². The zero-order chi connectivity index (χ0) is 14.3. The van der Waals surface area contributed by atoms with E-state index in [0.717, 1.165) is 5.56 Å². The number of aliphatic hydroxyl groups excluding tert-OH is 1. The highest BCUT2D eigenvalue weighted by Crippen LogP contribution is 2.07. The van der Waals surface area contributed by atoms with E-state index in [4.69, 9.17) is 10.7 Å². The number of amides is 1. The lowest BCUT2D eigenvalue weighted by Crippen LogP contribution is -2.28. The first-order chi connectivity index (χ1) is 9.06. The fraction of sp³-hybridized carbons (Fsp3) is 0.214. The third-order valence-electron chi connectivity index (χ3n) is 2.44. The van der Waals surface area contributed by atoms with Gasteiger partial charge in [0.05, 0.1) is 23.8 Å². The topological polar surface area (TPSA) is 97.0 Å². The first-order valence-electron chi connectivity index (χ1n) is 5.73. The van der Waals surface area contributed by atoms with Crippen molar-refractivity contribution in [3.8, 4) is 6.07 Å². The van der Waals surface area contributed by atoms with Gasteiger partial charge in [0.1, 0.15) is 5.76 Å². The van der Waals surface area contributed by atoms with Gasteiger partial charge in [-0.15, -0.1) is 0 Å². The van der Waals surface area contributed by atoms with Gasteiger partial charge in [0.25, 0.3) is 5.91 Å². The molecule has 0 aromatic heterocycles. The first kappa shape index (κ1) is 14.5. The number of rotatable bonds is 5. The number of aliphatic hydroxyl groups is 1. The lowest BCUT2D eigenvalue weighted by molar-refractivity contribution is -0.117. The van der Waals surface area contributed by atoms with Crippen LogP contribution in [0.4, 0.5) is 0 Å². The largest absolute Gasteiger partial charge is 0.512 e. The van der Waals surface area contributed by atoms with Gasteiger partial charge in [0.15, 0.2) is 0 Å². The van der Waals surface area contributed by atoms with E-state index in [9.17, 15) is 9.90 Å². The van der Waals surface area contributed by atoms with Crippen molar-refractivity contribution < 1.29 is 9.90 Å². The zero-order valence-electron chi connectivity index (χ0n) is 10.6. The summed E-state index contributed by atoms with van der Waals surface area (Å²) in [5.74, 6) is -0.810. The number of allylic oxidation sites excluding steroid dienone is 1. The van der Waals surface area contributed by atoms with Gasteiger partial charge < -0.3 is 15.8 Å². The maximum absolute atomic E-state index is 11.9. The number of benzene rings is 1. The standard InChI is InChI=1S/C14H15N3O2/c1-10(18)13(12(16)7-8-15)14(19)17-9-11-5-3-2-4-6-11/h2-6,16,18H,7,9H2,1H3,(H,17,19). The molecule has 19 heavy (non-hydrogen) atoms. The molecule has 0 spiro atoms. The van der Waals surface area contributed by atoms with Crippen LogP contribution in [-0.2, 0) is 11.3 Å². The molecule has 0 bridgehead atoms.